The van der Waals surface area contributed by atoms with Crippen LogP contribution < -0.4 is 14.8 Å². The van der Waals surface area contributed by atoms with Crippen molar-refractivity contribution >= 4 is 29.0 Å². The lowest BCUT2D eigenvalue weighted by Gasteiger charge is -2.35. The first kappa shape index (κ1) is 31.4. The maximum Gasteiger partial charge on any atom is 0.408 e. The highest BCUT2D eigenvalue weighted by Crippen LogP contribution is 2.53. The molecule has 6 rings (SSSR count). The van der Waals surface area contributed by atoms with Crippen LogP contribution in [0.2, 0.25) is 0 Å². The summed E-state index contributed by atoms with van der Waals surface area (Å²) < 4.78 is 23.1. The van der Waals surface area contributed by atoms with Gasteiger partial charge in [-0.25, -0.2) is 19.6 Å². The van der Waals surface area contributed by atoms with E-state index in [0.717, 1.165) is 43.3 Å². The molecule has 3 heterocycles. The SMILES string of the molecule is COC(=O)C1CC2CN1C(=O)C(C(C)(C)C)NC(=O)OC1CC3CCC3C1CCCCCc1nc3ccc(OC)cc3nc1O2. The number of methoxy groups -OCH3 is 2. The second-order valence-corrected chi connectivity index (χ2v) is 14.2. The molecule has 11 heteroatoms. The van der Waals surface area contributed by atoms with Crippen molar-refractivity contribution in [2.45, 2.75) is 103 Å². The van der Waals surface area contributed by atoms with Crippen molar-refractivity contribution in [3.05, 3.63) is 23.9 Å². The largest absolute Gasteiger partial charge is 0.497 e. The van der Waals surface area contributed by atoms with Gasteiger partial charge >= 0.3 is 12.1 Å². The molecule has 2 aliphatic heterocycles. The highest BCUT2D eigenvalue weighted by atomic mass is 16.6. The molecule has 2 amide bonds. The molecule has 1 N–H and O–H groups in total. The van der Waals surface area contributed by atoms with E-state index in [1.54, 1.807) is 7.11 Å². The Morgan fingerprint density at radius 2 is 1.80 bits per heavy atom. The number of rotatable bonds is 2. The van der Waals surface area contributed by atoms with E-state index in [-0.39, 0.29) is 25.0 Å². The van der Waals surface area contributed by atoms with Crippen LogP contribution >= 0.6 is 0 Å². The van der Waals surface area contributed by atoms with E-state index < -0.39 is 35.7 Å². The van der Waals surface area contributed by atoms with Crippen LogP contribution in [-0.4, -0.2) is 77.9 Å². The van der Waals surface area contributed by atoms with Gasteiger partial charge in [0.05, 0.1) is 31.8 Å². The van der Waals surface area contributed by atoms with Gasteiger partial charge in [-0.15, -0.1) is 0 Å². The molecule has 2 saturated carbocycles. The number of carbonyl (C=O) groups excluding carboxylic acids is 3. The average Bonchev–Trinajstić information content (AvgIpc) is 3.51. The third-order valence-electron chi connectivity index (χ3n) is 10.3. The minimum Gasteiger partial charge on any atom is -0.497 e. The van der Waals surface area contributed by atoms with Gasteiger partial charge in [-0.2, -0.15) is 0 Å². The monoisotopic (exact) mass is 622 g/mol. The summed E-state index contributed by atoms with van der Waals surface area (Å²) in [5.41, 5.74) is 1.50. The molecule has 7 atom stereocenters. The summed E-state index contributed by atoms with van der Waals surface area (Å²) in [5.74, 6) is 1.69. The van der Waals surface area contributed by atoms with E-state index in [9.17, 15) is 14.4 Å². The molecule has 3 fully saturated rings. The average molecular weight is 623 g/mol. The first-order chi connectivity index (χ1) is 21.5. The second kappa shape index (κ2) is 12.6. The number of nitrogens with zero attached hydrogens (tertiary/aromatic N) is 3. The number of amides is 2. The van der Waals surface area contributed by atoms with E-state index in [4.69, 9.17) is 28.9 Å². The van der Waals surface area contributed by atoms with Crippen LogP contribution in [0.15, 0.2) is 18.2 Å². The molecule has 4 aliphatic rings. The van der Waals surface area contributed by atoms with E-state index in [1.165, 1.54) is 24.9 Å². The normalized spacial score (nSPS) is 30.8. The fourth-order valence-corrected chi connectivity index (χ4v) is 7.77. The number of benzene rings is 1. The summed E-state index contributed by atoms with van der Waals surface area (Å²) >= 11 is 0. The molecular formula is C34H46N4O7. The number of ether oxygens (including phenoxy) is 4. The predicted molar refractivity (Wildman–Crippen MR) is 166 cm³/mol. The van der Waals surface area contributed by atoms with Gasteiger partial charge in [-0.05, 0) is 73.8 Å². The van der Waals surface area contributed by atoms with Crippen LogP contribution in [0.4, 0.5) is 4.79 Å². The molecule has 45 heavy (non-hydrogen) atoms. The van der Waals surface area contributed by atoms with Gasteiger partial charge in [0.15, 0.2) is 0 Å². The molecule has 1 saturated heterocycles. The van der Waals surface area contributed by atoms with Crippen LogP contribution in [0, 0.1) is 23.2 Å². The third kappa shape index (κ3) is 6.40. The minimum atomic E-state index is -0.921. The molecule has 2 aliphatic carbocycles. The van der Waals surface area contributed by atoms with E-state index in [1.807, 2.05) is 39.0 Å². The standard InChI is InChI=1S/C34H46N4O7/c1-34(2,3)29-31(39)38-18-21(17-27(38)32(40)43-5)44-30-25(35-24-14-12-20(42-4)16-26(24)36-30)10-8-6-7-9-23-22-13-11-19(22)15-28(23)45-33(41)37-29/h12,14,16,19,21-23,27-29H,6-11,13,15,17-18H2,1-5H3,(H,37,41). The summed E-state index contributed by atoms with van der Waals surface area (Å²) in [6, 6.07) is 3.79. The highest BCUT2D eigenvalue weighted by Gasteiger charge is 2.50. The van der Waals surface area contributed by atoms with Gasteiger partial charge in [0, 0.05) is 12.5 Å². The Morgan fingerprint density at radius 3 is 2.51 bits per heavy atom. The zero-order valence-electron chi connectivity index (χ0n) is 27.0. The number of esters is 1. The zero-order valence-corrected chi connectivity index (χ0v) is 27.0. The number of fused-ring (bicyclic) bond motifs is 7. The number of aryl methyl sites for hydroxylation is 1. The topological polar surface area (TPSA) is 129 Å². The Labute approximate surface area is 264 Å². The molecule has 1 aromatic carbocycles. The molecule has 0 spiro atoms. The van der Waals surface area contributed by atoms with Gasteiger partial charge in [0.1, 0.15) is 35.7 Å². The van der Waals surface area contributed by atoms with Crippen molar-refractivity contribution in [2.24, 2.45) is 23.2 Å². The van der Waals surface area contributed by atoms with Crippen molar-refractivity contribution in [1.82, 2.24) is 20.2 Å². The maximum atomic E-state index is 14.2. The first-order valence-corrected chi connectivity index (χ1v) is 16.4. The minimum absolute atomic E-state index is 0.132. The van der Waals surface area contributed by atoms with Gasteiger partial charge in [0.2, 0.25) is 11.8 Å². The van der Waals surface area contributed by atoms with Crippen molar-refractivity contribution in [3.63, 3.8) is 0 Å². The number of alkyl carbamates (subject to hydrolysis) is 1. The van der Waals surface area contributed by atoms with Crippen molar-refractivity contribution in [2.75, 3.05) is 20.8 Å². The Balaban J connectivity index is 1.35. The second-order valence-electron chi connectivity index (χ2n) is 14.2. The van der Waals surface area contributed by atoms with Crippen molar-refractivity contribution in [1.29, 1.82) is 0 Å². The predicted octanol–water partition coefficient (Wildman–Crippen LogP) is 4.83. The third-order valence-corrected chi connectivity index (χ3v) is 10.3. The summed E-state index contributed by atoms with van der Waals surface area (Å²) in [5, 5.41) is 2.90. The van der Waals surface area contributed by atoms with Gasteiger partial charge in [0.25, 0.3) is 0 Å². The quantitative estimate of drug-likeness (QED) is 0.468. The highest BCUT2D eigenvalue weighted by molar-refractivity contribution is 5.91. The Kier molecular flexibility index (Phi) is 8.81. The van der Waals surface area contributed by atoms with Gasteiger partial charge < -0.3 is 29.2 Å². The van der Waals surface area contributed by atoms with Crippen molar-refractivity contribution in [3.8, 4) is 11.6 Å². The van der Waals surface area contributed by atoms with Crippen LogP contribution in [0.3, 0.4) is 0 Å². The summed E-state index contributed by atoms with van der Waals surface area (Å²) in [6.45, 7) is 5.81. The molecular weight excluding hydrogens is 576 g/mol. The molecule has 2 aromatic rings. The number of hydrogen-bond donors (Lipinski definition) is 1. The van der Waals surface area contributed by atoms with Gasteiger partial charge in [-0.3, -0.25) is 4.79 Å². The fourth-order valence-electron chi connectivity index (χ4n) is 7.77. The molecule has 11 nitrogen and oxygen atoms in total. The molecule has 2 bridgehead atoms. The van der Waals surface area contributed by atoms with Crippen LogP contribution in [0.5, 0.6) is 11.6 Å². The number of hydrogen-bond acceptors (Lipinski definition) is 9. The Morgan fingerprint density at radius 1 is 0.978 bits per heavy atom. The van der Waals surface area contributed by atoms with Crippen LogP contribution in [0.25, 0.3) is 11.0 Å². The molecule has 244 valence electrons. The fraction of sp³-hybridized carbons (Fsp3) is 0.676. The van der Waals surface area contributed by atoms with Crippen molar-refractivity contribution < 1.29 is 33.3 Å². The molecule has 7 unspecified atom stereocenters. The number of nitrogens with one attached hydrogen (secondary N) is 1. The zero-order chi connectivity index (χ0) is 31.9. The lowest BCUT2D eigenvalue weighted by atomic mass is 9.71. The lowest BCUT2D eigenvalue weighted by Crippen LogP contribution is -2.57. The van der Waals surface area contributed by atoms with E-state index in [0.29, 0.717) is 41.3 Å². The Bertz CT molecular complexity index is 1440. The van der Waals surface area contributed by atoms with Gasteiger partial charge in [-0.1, -0.05) is 33.6 Å². The first-order valence-electron chi connectivity index (χ1n) is 16.4. The molecule has 0 radical (unpaired) electrons. The Hall–Kier alpha value is -3.63. The number of carbonyl (C=O) groups is 3. The smallest absolute Gasteiger partial charge is 0.408 e. The summed E-state index contributed by atoms with van der Waals surface area (Å²) in [7, 11) is 2.91. The van der Waals surface area contributed by atoms with Crippen LogP contribution in [-0.2, 0) is 25.5 Å². The molecule has 1 aromatic heterocycles. The maximum absolute atomic E-state index is 14.2. The van der Waals surface area contributed by atoms with E-state index >= 15 is 0 Å². The van der Waals surface area contributed by atoms with Crippen LogP contribution in [0.1, 0.15) is 77.8 Å². The summed E-state index contributed by atoms with van der Waals surface area (Å²) in [4.78, 5) is 51.8. The van der Waals surface area contributed by atoms with E-state index in [2.05, 4.69) is 5.32 Å². The number of aromatic nitrogens is 2. The lowest BCUT2D eigenvalue weighted by molar-refractivity contribution is -0.152. The summed E-state index contributed by atoms with van der Waals surface area (Å²) in [6.07, 6.45) is 6.86.